The maximum atomic E-state index is 9.50. The van der Waals surface area contributed by atoms with Crippen molar-refractivity contribution in [2.75, 3.05) is 0 Å². The molecule has 0 atom stereocenters. The summed E-state index contributed by atoms with van der Waals surface area (Å²) in [4.78, 5) is 0. The van der Waals surface area contributed by atoms with E-state index in [2.05, 4.69) is 15.9 Å². The fourth-order valence-corrected chi connectivity index (χ4v) is 1.42. The van der Waals surface area contributed by atoms with Gasteiger partial charge in [0.2, 0.25) is 0 Å². The summed E-state index contributed by atoms with van der Waals surface area (Å²) in [5.41, 5.74) is 0.241. The predicted molar refractivity (Wildman–Crippen MR) is 60.0 cm³/mol. The Morgan fingerprint density at radius 2 is 2.00 bits per heavy atom. The Kier molecular flexibility index (Phi) is 3.74. The molecule has 3 nitrogen and oxygen atoms in total. The van der Waals surface area contributed by atoms with Crippen LogP contribution < -0.4 is 0 Å². The van der Waals surface area contributed by atoms with Crippen LogP contribution in [0.2, 0.25) is 5.02 Å². The minimum Gasteiger partial charge on any atom is -0.507 e. The lowest BCUT2D eigenvalue weighted by atomic mass is 10.1. The second-order valence-electron chi connectivity index (χ2n) is 2.61. The van der Waals surface area contributed by atoms with Crippen LogP contribution in [0.5, 0.6) is 5.75 Å². The molecule has 1 N–H and O–H groups in total. The van der Waals surface area contributed by atoms with Gasteiger partial charge in [-0.1, -0.05) is 11.6 Å². The first kappa shape index (κ1) is 11.6. The molecule has 0 aromatic heterocycles. The van der Waals surface area contributed by atoms with E-state index in [1.807, 2.05) is 0 Å². The lowest BCUT2D eigenvalue weighted by Gasteiger charge is -2.01. The smallest absolute Gasteiger partial charge is 0.130 e. The van der Waals surface area contributed by atoms with Crippen LogP contribution in [0.15, 0.2) is 22.2 Å². The van der Waals surface area contributed by atoms with Gasteiger partial charge in [-0.25, -0.2) is 0 Å². The second-order valence-corrected chi connectivity index (χ2v) is 3.87. The van der Waals surface area contributed by atoms with E-state index in [1.54, 1.807) is 12.1 Å². The van der Waals surface area contributed by atoms with Gasteiger partial charge in [0.05, 0.1) is 5.02 Å². The zero-order chi connectivity index (χ0) is 11.4. The van der Waals surface area contributed by atoms with Gasteiger partial charge >= 0.3 is 0 Å². The highest BCUT2D eigenvalue weighted by Gasteiger charge is 2.05. The zero-order valence-corrected chi connectivity index (χ0v) is 9.67. The van der Waals surface area contributed by atoms with Crippen molar-refractivity contribution in [3.63, 3.8) is 0 Å². The van der Waals surface area contributed by atoms with Crippen molar-refractivity contribution in [2.45, 2.75) is 0 Å². The summed E-state index contributed by atoms with van der Waals surface area (Å²) in [7, 11) is 0. The molecule has 1 aromatic carbocycles. The standard InChI is InChI=1S/C10H4BrClN2O/c11-8-3-10(15)7(2-9(8)12)1-6(4-13)5-14/h1-3,15H. The number of rotatable bonds is 1. The summed E-state index contributed by atoms with van der Waals surface area (Å²) in [6, 6.07) is 6.26. The molecule has 0 radical (unpaired) electrons. The summed E-state index contributed by atoms with van der Waals surface area (Å²) in [5.74, 6) is -0.0470. The maximum Gasteiger partial charge on any atom is 0.130 e. The largest absolute Gasteiger partial charge is 0.507 e. The molecule has 15 heavy (non-hydrogen) atoms. The molecule has 0 saturated heterocycles. The molecule has 0 saturated carbocycles. The summed E-state index contributed by atoms with van der Waals surface area (Å²) in [6.45, 7) is 0. The zero-order valence-electron chi connectivity index (χ0n) is 7.33. The molecule has 0 fully saturated rings. The highest BCUT2D eigenvalue weighted by Crippen LogP contribution is 2.31. The van der Waals surface area contributed by atoms with Gasteiger partial charge in [0.25, 0.3) is 0 Å². The van der Waals surface area contributed by atoms with Crippen molar-refractivity contribution in [2.24, 2.45) is 0 Å². The third-order valence-corrected chi connectivity index (χ3v) is 2.81. The number of allylic oxidation sites excluding steroid dienone is 1. The summed E-state index contributed by atoms with van der Waals surface area (Å²) in [6.07, 6.45) is 1.27. The third kappa shape index (κ3) is 2.73. The molecule has 0 aliphatic heterocycles. The first-order chi connectivity index (χ1) is 7.08. The Morgan fingerprint density at radius 3 is 2.53 bits per heavy atom. The van der Waals surface area contributed by atoms with Gasteiger partial charge in [-0.15, -0.1) is 0 Å². The molecular weight excluding hydrogens is 279 g/mol. The number of nitriles is 2. The van der Waals surface area contributed by atoms with Gasteiger partial charge in [0.1, 0.15) is 23.5 Å². The van der Waals surface area contributed by atoms with Crippen LogP contribution in [0.1, 0.15) is 5.56 Å². The number of phenols is 1. The number of hydrogen-bond donors (Lipinski definition) is 1. The molecule has 5 heteroatoms. The number of aromatic hydroxyl groups is 1. The van der Waals surface area contributed by atoms with Crippen molar-refractivity contribution in [3.05, 3.63) is 32.8 Å². The van der Waals surface area contributed by atoms with Crippen molar-refractivity contribution in [1.29, 1.82) is 10.5 Å². The van der Waals surface area contributed by atoms with Crippen LogP contribution >= 0.6 is 27.5 Å². The van der Waals surface area contributed by atoms with E-state index in [4.69, 9.17) is 22.1 Å². The van der Waals surface area contributed by atoms with Crippen LogP contribution in [0.3, 0.4) is 0 Å². The van der Waals surface area contributed by atoms with E-state index in [-0.39, 0.29) is 11.3 Å². The van der Waals surface area contributed by atoms with E-state index in [0.29, 0.717) is 15.1 Å². The molecule has 1 aromatic rings. The van der Waals surface area contributed by atoms with Crippen LogP contribution in [0.25, 0.3) is 6.08 Å². The van der Waals surface area contributed by atoms with E-state index in [1.165, 1.54) is 18.2 Å². The van der Waals surface area contributed by atoms with E-state index in [9.17, 15) is 5.11 Å². The third-order valence-electron chi connectivity index (χ3n) is 1.61. The number of halogens is 2. The van der Waals surface area contributed by atoms with Gasteiger partial charge in [0.15, 0.2) is 0 Å². The van der Waals surface area contributed by atoms with Gasteiger partial charge in [-0.3, -0.25) is 0 Å². The fourth-order valence-electron chi connectivity index (χ4n) is 0.912. The minimum absolute atomic E-state index is 0.0470. The molecule has 0 aliphatic rings. The first-order valence-electron chi connectivity index (χ1n) is 3.78. The van der Waals surface area contributed by atoms with Crippen molar-refractivity contribution in [3.8, 4) is 17.9 Å². The highest BCUT2D eigenvalue weighted by molar-refractivity contribution is 9.10. The normalized spacial score (nSPS) is 8.80. The highest BCUT2D eigenvalue weighted by atomic mass is 79.9. The molecule has 0 unspecified atom stereocenters. The number of benzene rings is 1. The summed E-state index contributed by atoms with van der Waals surface area (Å²) >= 11 is 8.94. The minimum atomic E-state index is -0.0938. The average Bonchev–Trinajstić information content (AvgIpc) is 2.21. The predicted octanol–water partition coefficient (Wildman–Crippen LogP) is 3.24. The van der Waals surface area contributed by atoms with Crippen LogP contribution in [-0.4, -0.2) is 5.11 Å². The fraction of sp³-hybridized carbons (Fsp3) is 0. The monoisotopic (exact) mass is 282 g/mol. The Hall–Kier alpha value is -1.49. The lowest BCUT2D eigenvalue weighted by molar-refractivity contribution is 0.473. The molecule has 0 bridgehead atoms. The molecular formula is C10H4BrClN2O. The molecule has 74 valence electrons. The number of hydrogen-bond acceptors (Lipinski definition) is 3. The summed E-state index contributed by atoms with van der Waals surface area (Å²) in [5, 5.41) is 27.0. The van der Waals surface area contributed by atoms with Crippen molar-refractivity contribution < 1.29 is 5.11 Å². The topological polar surface area (TPSA) is 67.8 Å². The van der Waals surface area contributed by atoms with Gasteiger partial charge < -0.3 is 5.11 Å². The Labute approximate surface area is 100.0 Å². The average molecular weight is 284 g/mol. The van der Waals surface area contributed by atoms with Crippen molar-refractivity contribution in [1.82, 2.24) is 0 Å². The molecule has 0 aliphatic carbocycles. The van der Waals surface area contributed by atoms with Crippen LogP contribution in [-0.2, 0) is 0 Å². The Morgan fingerprint density at radius 1 is 1.40 bits per heavy atom. The van der Waals surface area contributed by atoms with Gasteiger partial charge in [0, 0.05) is 10.0 Å². The molecule has 1 rings (SSSR count). The van der Waals surface area contributed by atoms with E-state index >= 15 is 0 Å². The van der Waals surface area contributed by atoms with Crippen LogP contribution in [0, 0.1) is 22.7 Å². The first-order valence-corrected chi connectivity index (χ1v) is 4.95. The lowest BCUT2D eigenvalue weighted by Crippen LogP contribution is -1.79. The molecule has 0 amide bonds. The SMILES string of the molecule is N#CC(C#N)=Cc1cc(Cl)c(Br)cc1O. The van der Waals surface area contributed by atoms with E-state index in [0.717, 1.165) is 0 Å². The quantitative estimate of drug-likeness (QED) is 0.804. The molecule has 0 spiro atoms. The maximum absolute atomic E-state index is 9.50. The van der Waals surface area contributed by atoms with Crippen LogP contribution in [0.4, 0.5) is 0 Å². The number of nitrogens with zero attached hydrogens (tertiary/aromatic N) is 2. The van der Waals surface area contributed by atoms with Gasteiger partial charge in [-0.2, -0.15) is 10.5 Å². The molecule has 0 heterocycles. The Balaban J connectivity index is 3.30. The number of phenolic OH excluding ortho intramolecular Hbond substituents is 1. The van der Waals surface area contributed by atoms with Gasteiger partial charge in [-0.05, 0) is 34.1 Å². The van der Waals surface area contributed by atoms with E-state index < -0.39 is 0 Å². The second kappa shape index (κ2) is 4.84. The summed E-state index contributed by atoms with van der Waals surface area (Å²) < 4.78 is 0.550. The van der Waals surface area contributed by atoms with Crippen molar-refractivity contribution >= 4 is 33.6 Å². The Bertz CT molecular complexity index is 495.